The number of fused-ring (bicyclic) bond motifs is 1. The number of piperidine rings is 1. The number of nitrogens with two attached hydrogens (primary N) is 1. The highest BCUT2D eigenvalue weighted by Crippen LogP contribution is 2.34. The van der Waals surface area contributed by atoms with Gasteiger partial charge in [-0.15, -0.1) is 0 Å². The van der Waals surface area contributed by atoms with Crippen LogP contribution in [0.3, 0.4) is 0 Å². The lowest BCUT2D eigenvalue weighted by Gasteiger charge is -2.33. The SMILES string of the molecule is NC(=O)C1(OC(=O)c2ccc(S(=O)(=O)NC3CCNCC3)c3ccccc23)CCCCC1. The minimum absolute atomic E-state index is 0.116. The Morgan fingerprint density at radius 2 is 1.66 bits per heavy atom. The summed E-state index contributed by atoms with van der Waals surface area (Å²) in [6.07, 6.45) is 4.73. The van der Waals surface area contributed by atoms with Gasteiger partial charge in [-0.1, -0.05) is 30.7 Å². The quantitative estimate of drug-likeness (QED) is 0.569. The summed E-state index contributed by atoms with van der Waals surface area (Å²) in [5, 5.41) is 4.11. The monoisotopic (exact) mass is 459 g/mol. The molecule has 9 heteroatoms. The van der Waals surface area contributed by atoms with Crippen LogP contribution in [0.1, 0.15) is 55.3 Å². The molecule has 1 aliphatic heterocycles. The normalized spacial score (nSPS) is 19.5. The summed E-state index contributed by atoms with van der Waals surface area (Å²) in [6.45, 7) is 1.53. The van der Waals surface area contributed by atoms with Crippen molar-refractivity contribution in [3.63, 3.8) is 0 Å². The van der Waals surface area contributed by atoms with Gasteiger partial charge in [0.05, 0.1) is 10.5 Å². The van der Waals surface area contributed by atoms with E-state index < -0.39 is 27.5 Å². The fourth-order valence-corrected chi connectivity index (χ4v) is 6.18. The number of nitrogens with one attached hydrogen (secondary N) is 2. The molecule has 1 amide bonds. The molecule has 4 N–H and O–H groups in total. The molecule has 2 aromatic rings. The maximum atomic E-state index is 13.1. The molecule has 2 aromatic carbocycles. The van der Waals surface area contributed by atoms with Crippen molar-refractivity contribution < 1.29 is 22.7 Å². The summed E-state index contributed by atoms with van der Waals surface area (Å²) < 4.78 is 34.8. The standard InChI is InChI=1S/C23H29N3O5S/c24-22(28)23(12-4-1-5-13-23)31-21(27)19-8-9-20(18-7-3-2-6-17(18)19)32(29,30)26-16-10-14-25-15-11-16/h2-3,6-9,16,25-26H,1,4-5,10-15H2,(H2,24,28). The van der Waals surface area contributed by atoms with Gasteiger partial charge in [-0.2, -0.15) is 0 Å². The lowest BCUT2D eigenvalue weighted by atomic mass is 9.84. The van der Waals surface area contributed by atoms with Gasteiger partial charge in [0.25, 0.3) is 5.91 Å². The van der Waals surface area contributed by atoms with Gasteiger partial charge in [0.2, 0.25) is 10.0 Å². The summed E-state index contributed by atoms with van der Waals surface area (Å²) in [5.41, 5.74) is 4.51. The van der Waals surface area contributed by atoms with Crippen molar-refractivity contribution in [2.45, 2.75) is 61.5 Å². The molecular formula is C23H29N3O5S. The molecule has 32 heavy (non-hydrogen) atoms. The van der Waals surface area contributed by atoms with E-state index in [9.17, 15) is 18.0 Å². The van der Waals surface area contributed by atoms with Gasteiger partial charge in [0.1, 0.15) is 0 Å². The topological polar surface area (TPSA) is 128 Å². The van der Waals surface area contributed by atoms with E-state index in [4.69, 9.17) is 10.5 Å². The van der Waals surface area contributed by atoms with E-state index in [1.54, 1.807) is 24.3 Å². The molecule has 0 spiro atoms. The smallest absolute Gasteiger partial charge is 0.339 e. The molecular weight excluding hydrogens is 430 g/mol. The molecule has 2 fully saturated rings. The average molecular weight is 460 g/mol. The zero-order valence-corrected chi connectivity index (χ0v) is 18.7. The number of esters is 1. The lowest BCUT2D eigenvalue weighted by molar-refractivity contribution is -0.140. The highest BCUT2D eigenvalue weighted by molar-refractivity contribution is 7.89. The molecule has 0 aromatic heterocycles. The van der Waals surface area contributed by atoms with Gasteiger partial charge in [0, 0.05) is 11.4 Å². The van der Waals surface area contributed by atoms with E-state index in [2.05, 4.69) is 10.0 Å². The number of rotatable bonds is 6. The summed E-state index contributed by atoms with van der Waals surface area (Å²) in [6, 6.07) is 9.58. The number of hydrogen-bond acceptors (Lipinski definition) is 6. The van der Waals surface area contributed by atoms with Gasteiger partial charge in [-0.3, -0.25) is 4.79 Å². The molecule has 0 radical (unpaired) electrons. The van der Waals surface area contributed by atoms with Gasteiger partial charge >= 0.3 is 5.97 Å². The first-order valence-corrected chi connectivity index (χ1v) is 12.6. The summed E-state index contributed by atoms with van der Waals surface area (Å²) in [4.78, 5) is 25.4. The molecule has 0 unspecified atom stereocenters. The molecule has 0 bridgehead atoms. The Bertz CT molecular complexity index is 1120. The van der Waals surface area contributed by atoms with E-state index >= 15 is 0 Å². The third-order valence-electron chi connectivity index (χ3n) is 6.45. The van der Waals surface area contributed by atoms with Crippen molar-refractivity contribution in [2.24, 2.45) is 5.73 Å². The zero-order chi connectivity index (χ0) is 22.8. The second-order valence-corrected chi connectivity index (χ2v) is 10.3. The maximum Gasteiger partial charge on any atom is 0.339 e. The van der Waals surface area contributed by atoms with Gasteiger partial charge in [-0.05, 0) is 69.1 Å². The van der Waals surface area contributed by atoms with Crippen LogP contribution in [0.2, 0.25) is 0 Å². The third-order valence-corrected chi connectivity index (χ3v) is 8.03. The number of carbonyl (C=O) groups excluding carboxylic acids is 2. The van der Waals surface area contributed by atoms with Crippen molar-refractivity contribution in [3.05, 3.63) is 42.0 Å². The first kappa shape index (κ1) is 22.7. The van der Waals surface area contributed by atoms with Crippen LogP contribution in [0, 0.1) is 0 Å². The largest absolute Gasteiger partial charge is 0.445 e. The summed E-state index contributed by atoms with van der Waals surface area (Å²) >= 11 is 0. The predicted octanol–water partition coefficient (Wildman–Crippen LogP) is 2.22. The van der Waals surface area contributed by atoms with Crippen LogP contribution in [0.5, 0.6) is 0 Å². The first-order valence-electron chi connectivity index (χ1n) is 11.1. The van der Waals surface area contributed by atoms with E-state index in [1.807, 2.05) is 0 Å². The fraction of sp³-hybridized carbons (Fsp3) is 0.478. The minimum atomic E-state index is -3.79. The molecule has 1 heterocycles. The van der Waals surface area contributed by atoms with Gasteiger partial charge < -0.3 is 15.8 Å². The number of amides is 1. The van der Waals surface area contributed by atoms with E-state index in [1.165, 1.54) is 12.1 Å². The Kier molecular flexibility index (Phi) is 6.50. The Hall–Kier alpha value is -2.49. The number of ether oxygens (including phenoxy) is 1. The fourth-order valence-electron chi connectivity index (χ4n) is 4.66. The molecule has 172 valence electrons. The minimum Gasteiger partial charge on any atom is -0.445 e. The number of sulfonamides is 1. The van der Waals surface area contributed by atoms with Crippen molar-refractivity contribution in [1.82, 2.24) is 10.0 Å². The van der Waals surface area contributed by atoms with Crippen LogP contribution in [-0.2, 0) is 19.6 Å². The summed E-state index contributed by atoms with van der Waals surface area (Å²) in [7, 11) is -3.79. The second-order valence-electron chi connectivity index (χ2n) is 8.61. The molecule has 1 saturated carbocycles. The molecule has 0 atom stereocenters. The van der Waals surface area contributed by atoms with Crippen molar-refractivity contribution >= 4 is 32.7 Å². The average Bonchev–Trinajstić information content (AvgIpc) is 2.79. The Morgan fingerprint density at radius 1 is 1.00 bits per heavy atom. The van der Waals surface area contributed by atoms with E-state index in [-0.39, 0.29) is 16.5 Å². The van der Waals surface area contributed by atoms with Gasteiger partial charge in [0.15, 0.2) is 5.60 Å². The highest BCUT2D eigenvalue weighted by Gasteiger charge is 2.42. The van der Waals surface area contributed by atoms with Crippen LogP contribution in [0.15, 0.2) is 41.3 Å². The van der Waals surface area contributed by atoms with Crippen LogP contribution >= 0.6 is 0 Å². The van der Waals surface area contributed by atoms with E-state index in [0.717, 1.165) is 45.2 Å². The van der Waals surface area contributed by atoms with Crippen LogP contribution in [-0.4, -0.2) is 45.0 Å². The van der Waals surface area contributed by atoms with Crippen molar-refractivity contribution in [2.75, 3.05) is 13.1 Å². The maximum absolute atomic E-state index is 13.1. The molecule has 8 nitrogen and oxygen atoms in total. The molecule has 4 rings (SSSR count). The van der Waals surface area contributed by atoms with E-state index in [0.29, 0.717) is 23.6 Å². The number of carbonyl (C=O) groups is 2. The molecule has 1 saturated heterocycles. The first-order chi connectivity index (χ1) is 15.3. The van der Waals surface area contributed by atoms with Gasteiger partial charge in [-0.25, -0.2) is 17.9 Å². The molecule has 2 aliphatic rings. The second kappa shape index (κ2) is 9.17. The van der Waals surface area contributed by atoms with Crippen LogP contribution < -0.4 is 15.8 Å². The predicted molar refractivity (Wildman–Crippen MR) is 121 cm³/mol. The van der Waals surface area contributed by atoms with Crippen molar-refractivity contribution in [3.8, 4) is 0 Å². The van der Waals surface area contributed by atoms with Crippen LogP contribution in [0.4, 0.5) is 0 Å². The Labute approximate surface area is 187 Å². The van der Waals surface area contributed by atoms with Crippen LogP contribution in [0.25, 0.3) is 10.8 Å². The zero-order valence-electron chi connectivity index (χ0n) is 17.9. The Balaban J connectivity index is 1.67. The van der Waals surface area contributed by atoms with Crippen molar-refractivity contribution in [1.29, 1.82) is 0 Å². The number of hydrogen-bond donors (Lipinski definition) is 3. The lowest BCUT2D eigenvalue weighted by Crippen LogP contribution is -2.49. The Morgan fingerprint density at radius 3 is 2.31 bits per heavy atom. The number of benzene rings is 2. The third kappa shape index (κ3) is 4.51. The summed E-state index contributed by atoms with van der Waals surface area (Å²) in [5.74, 6) is -1.31. The molecule has 1 aliphatic carbocycles. The highest BCUT2D eigenvalue weighted by atomic mass is 32.2. The number of primary amides is 1.